The van der Waals surface area contributed by atoms with Gasteiger partial charge in [0.25, 0.3) is 0 Å². The summed E-state index contributed by atoms with van der Waals surface area (Å²) in [5.74, 6) is 0. The Bertz CT molecular complexity index is 2060. The highest BCUT2D eigenvalue weighted by atomic mass is 15.1. The summed E-state index contributed by atoms with van der Waals surface area (Å²) in [6.07, 6.45) is 2.31. The van der Waals surface area contributed by atoms with E-state index in [1.54, 1.807) is 0 Å². The summed E-state index contributed by atoms with van der Waals surface area (Å²) in [5, 5.41) is 0. The van der Waals surface area contributed by atoms with Crippen LogP contribution in [0.3, 0.4) is 0 Å². The molecular formula is C50H52N2. The number of benzene rings is 6. The second kappa shape index (κ2) is 12.3. The third kappa shape index (κ3) is 5.93. The first-order valence-corrected chi connectivity index (χ1v) is 18.9. The second-order valence-corrected chi connectivity index (χ2v) is 17.8. The standard InChI is InChI=1S/C50H52N2/c1-47(2)33-49(5,6)45-31-41(27-29-43(45)47)51(37-15-11-9-12-16-37)39-23-19-35(20-24-39)36-21-25-40(26-22-36)52(38-17-13-10-14-18-38)42-28-30-44-46(32-42)50(7,8)34-48(44,3)4/h9-32H,33-34H2,1-8H3. The van der Waals surface area contributed by atoms with E-state index in [2.05, 4.69) is 211 Å². The molecule has 0 saturated heterocycles. The Balaban J connectivity index is 1.13. The van der Waals surface area contributed by atoms with Crippen LogP contribution >= 0.6 is 0 Å². The van der Waals surface area contributed by atoms with E-state index in [0.29, 0.717) is 0 Å². The summed E-state index contributed by atoms with van der Waals surface area (Å²) in [6.45, 7) is 19.1. The van der Waals surface area contributed by atoms with Crippen LogP contribution in [0.15, 0.2) is 146 Å². The number of fused-ring (bicyclic) bond motifs is 2. The second-order valence-electron chi connectivity index (χ2n) is 17.8. The molecule has 2 aliphatic rings. The average molecular weight is 681 g/mol. The zero-order valence-electron chi connectivity index (χ0n) is 32.2. The van der Waals surface area contributed by atoms with Crippen LogP contribution in [0.1, 0.15) is 90.5 Å². The van der Waals surface area contributed by atoms with Gasteiger partial charge in [-0.15, -0.1) is 0 Å². The van der Waals surface area contributed by atoms with Gasteiger partial charge in [0.15, 0.2) is 0 Å². The lowest BCUT2D eigenvalue weighted by Gasteiger charge is -2.28. The van der Waals surface area contributed by atoms with Crippen molar-refractivity contribution in [3.8, 4) is 11.1 Å². The fourth-order valence-corrected chi connectivity index (χ4v) is 9.89. The van der Waals surface area contributed by atoms with E-state index in [9.17, 15) is 0 Å². The highest BCUT2D eigenvalue weighted by Gasteiger charge is 2.43. The van der Waals surface area contributed by atoms with Gasteiger partial charge in [0.2, 0.25) is 0 Å². The molecular weight excluding hydrogens is 629 g/mol. The predicted molar refractivity (Wildman–Crippen MR) is 223 cm³/mol. The molecule has 2 heteroatoms. The van der Waals surface area contributed by atoms with E-state index in [4.69, 9.17) is 0 Å². The normalized spacial score (nSPS) is 17.3. The SMILES string of the molecule is CC1(C)CC(C)(C)c2cc(N(c3ccccc3)c3ccc(-c4ccc(N(c5ccccc5)c5ccc6c(c5)C(C)(C)CC6(C)C)cc4)cc3)ccc21. The Kier molecular flexibility index (Phi) is 8.03. The summed E-state index contributed by atoms with van der Waals surface area (Å²) >= 11 is 0. The molecule has 6 aromatic rings. The molecule has 0 spiro atoms. The van der Waals surface area contributed by atoms with Gasteiger partial charge in [0.05, 0.1) is 0 Å². The highest BCUT2D eigenvalue weighted by Crippen LogP contribution is 2.52. The minimum atomic E-state index is 0.136. The fraction of sp³-hybridized carbons (Fsp3) is 0.280. The van der Waals surface area contributed by atoms with Crippen LogP contribution in [-0.4, -0.2) is 0 Å². The lowest BCUT2D eigenvalue weighted by atomic mass is 9.82. The van der Waals surface area contributed by atoms with Crippen LogP contribution < -0.4 is 9.80 Å². The average Bonchev–Trinajstić information content (AvgIpc) is 3.44. The molecule has 2 aliphatic carbocycles. The van der Waals surface area contributed by atoms with Crippen LogP contribution in [0.2, 0.25) is 0 Å². The maximum absolute atomic E-state index is 2.44. The Morgan fingerprint density at radius 1 is 0.308 bits per heavy atom. The maximum atomic E-state index is 2.44. The zero-order valence-corrected chi connectivity index (χ0v) is 32.2. The number of anilines is 6. The molecule has 0 atom stereocenters. The first kappa shape index (κ1) is 34.0. The van der Waals surface area contributed by atoms with E-state index < -0.39 is 0 Å². The molecule has 52 heavy (non-hydrogen) atoms. The van der Waals surface area contributed by atoms with Gasteiger partial charge in [-0.3, -0.25) is 0 Å². The van der Waals surface area contributed by atoms with E-state index in [0.717, 1.165) is 35.6 Å². The van der Waals surface area contributed by atoms with Crippen LogP contribution in [-0.2, 0) is 21.7 Å². The van der Waals surface area contributed by atoms with Crippen LogP contribution in [0.5, 0.6) is 0 Å². The van der Waals surface area contributed by atoms with Gasteiger partial charge in [-0.25, -0.2) is 0 Å². The van der Waals surface area contributed by atoms with Gasteiger partial charge >= 0.3 is 0 Å². The Morgan fingerprint density at radius 3 is 0.942 bits per heavy atom. The molecule has 2 nitrogen and oxygen atoms in total. The van der Waals surface area contributed by atoms with E-state index in [1.807, 2.05) is 0 Å². The number of nitrogens with zero attached hydrogens (tertiary/aromatic N) is 2. The Labute approximate surface area is 311 Å². The molecule has 0 N–H and O–H groups in total. The molecule has 0 bridgehead atoms. The van der Waals surface area contributed by atoms with Crippen molar-refractivity contribution in [2.24, 2.45) is 0 Å². The van der Waals surface area contributed by atoms with E-state index in [1.165, 1.54) is 44.8 Å². The van der Waals surface area contributed by atoms with Gasteiger partial charge in [-0.05, 0) is 141 Å². The molecule has 8 rings (SSSR count). The molecule has 0 aliphatic heterocycles. The third-order valence-corrected chi connectivity index (χ3v) is 11.8. The van der Waals surface area contributed by atoms with Crippen molar-refractivity contribution in [1.29, 1.82) is 0 Å². The van der Waals surface area contributed by atoms with Crippen molar-refractivity contribution >= 4 is 34.1 Å². The van der Waals surface area contributed by atoms with Crippen LogP contribution in [0, 0.1) is 0 Å². The predicted octanol–water partition coefficient (Wildman–Crippen LogP) is 14.2. The van der Waals surface area contributed by atoms with Gasteiger partial charge in [-0.1, -0.05) is 128 Å². The zero-order chi connectivity index (χ0) is 36.5. The van der Waals surface area contributed by atoms with Gasteiger partial charge in [0.1, 0.15) is 0 Å². The third-order valence-electron chi connectivity index (χ3n) is 11.8. The minimum Gasteiger partial charge on any atom is -0.310 e. The quantitative estimate of drug-likeness (QED) is 0.166. The minimum absolute atomic E-state index is 0.136. The first-order chi connectivity index (χ1) is 24.7. The molecule has 6 aromatic carbocycles. The van der Waals surface area contributed by atoms with Crippen molar-refractivity contribution < 1.29 is 0 Å². The van der Waals surface area contributed by atoms with Gasteiger partial charge in [-0.2, -0.15) is 0 Å². The molecule has 0 fully saturated rings. The van der Waals surface area contributed by atoms with Crippen molar-refractivity contribution in [3.63, 3.8) is 0 Å². The summed E-state index contributed by atoms with van der Waals surface area (Å²) in [5.41, 5.74) is 15.9. The van der Waals surface area contributed by atoms with Crippen molar-refractivity contribution in [3.05, 3.63) is 168 Å². The smallest absolute Gasteiger partial charge is 0.0464 e. The summed E-state index contributed by atoms with van der Waals surface area (Å²) in [6, 6.07) is 53.9. The fourth-order valence-electron chi connectivity index (χ4n) is 9.89. The number of hydrogen-bond donors (Lipinski definition) is 0. The van der Waals surface area contributed by atoms with Gasteiger partial charge in [0, 0.05) is 34.1 Å². The van der Waals surface area contributed by atoms with Crippen molar-refractivity contribution in [2.75, 3.05) is 9.80 Å². The summed E-state index contributed by atoms with van der Waals surface area (Å²) < 4.78 is 0. The van der Waals surface area contributed by atoms with E-state index >= 15 is 0 Å². The largest absolute Gasteiger partial charge is 0.310 e. The van der Waals surface area contributed by atoms with E-state index in [-0.39, 0.29) is 21.7 Å². The maximum Gasteiger partial charge on any atom is 0.0464 e. The summed E-state index contributed by atoms with van der Waals surface area (Å²) in [4.78, 5) is 4.79. The molecule has 0 amide bonds. The van der Waals surface area contributed by atoms with Crippen molar-refractivity contribution in [1.82, 2.24) is 0 Å². The Morgan fingerprint density at radius 2 is 0.596 bits per heavy atom. The Hall–Kier alpha value is -5.08. The topological polar surface area (TPSA) is 6.48 Å². The molecule has 262 valence electrons. The lowest BCUT2D eigenvalue weighted by molar-refractivity contribution is 0.402. The van der Waals surface area contributed by atoms with Crippen molar-refractivity contribution in [2.45, 2.75) is 89.9 Å². The number of para-hydroxylation sites is 2. The molecule has 0 heterocycles. The molecule has 0 saturated carbocycles. The molecule has 0 unspecified atom stereocenters. The molecule has 0 radical (unpaired) electrons. The summed E-state index contributed by atoms with van der Waals surface area (Å²) in [7, 11) is 0. The van der Waals surface area contributed by atoms with Crippen LogP contribution in [0.25, 0.3) is 11.1 Å². The van der Waals surface area contributed by atoms with Crippen LogP contribution in [0.4, 0.5) is 34.1 Å². The molecule has 0 aromatic heterocycles. The van der Waals surface area contributed by atoms with Gasteiger partial charge < -0.3 is 9.80 Å². The lowest BCUT2D eigenvalue weighted by Crippen LogP contribution is -2.18. The highest BCUT2D eigenvalue weighted by molar-refractivity contribution is 5.81. The first-order valence-electron chi connectivity index (χ1n) is 18.9. The number of rotatable bonds is 7. The number of hydrogen-bond acceptors (Lipinski definition) is 2. The monoisotopic (exact) mass is 680 g/mol.